The van der Waals surface area contributed by atoms with Crippen molar-refractivity contribution in [1.82, 2.24) is 10.2 Å². The number of amides is 2. The molecular formula is C24H24N2O3. The largest absolute Gasteiger partial charge is 0.467 e. The third kappa shape index (κ3) is 5.69. The molecule has 0 radical (unpaired) electrons. The molecule has 3 rings (SSSR count). The van der Waals surface area contributed by atoms with Gasteiger partial charge in [0.15, 0.2) is 0 Å². The molecular weight excluding hydrogens is 364 g/mol. The van der Waals surface area contributed by atoms with Crippen molar-refractivity contribution in [3.05, 3.63) is 101 Å². The Morgan fingerprint density at radius 2 is 1.72 bits per heavy atom. The Hall–Kier alpha value is -3.60. The second-order valence-corrected chi connectivity index (χ2v) is 6.79. The molecule has 29 heavy (non-hydrogen) atoms. The third-order valence-electron chi connectivity index (χ3n) is 4.55. The fourth-order valence-corrected chi connectivity index (χ4v) is 2.88. The van der Waals surface area contributed by atoms with Crippen molar-refractivity contribution >= 4 is 17.9 Å². The summed E-state index contributed by atoms with van der Waals surface area (Å²) in [6, 6.07) is 18.9. The lowest BCUT2D eigenvalue weighted by Crippen LogP contribution is -2.28. The number of rotatable bonds is 7. The predicted molar refractivity (Wildman–Crippen MR) is 113 cm³/mol. The summed E-state index contributed by atoms with van der Waals surface area (Å²) in [4.78, 5) is 26.3. The zero-order valence-electron chi connectivity index (χ0n) is 16.6. The average Bonchev–Trinajstić information content (AvgIpc) is 3.26. The molecule has 0 aliphatic carbocycles. The first-order chi connectivity index (χ1) is 14.0. The first kappa shape index (κ1) is 20.1. The minimum atomic E-state index is -0.138. The fraction of sp³-hybridized carbons (Fsp3) is 0.167. The number of benzene rings is 2. The maximum Gasteiger partial charge on any atom is 0.251 e. The van der Waals surface area contributed by atoms with Gasteiger partial charge in [0.1, 0.15) is 5.76 Å². The summed E-state index contributed by atoms with van der Waals surface area (Å²) in [6.45, 7) is 2.80. The Balaban J connectivity index is 1.75. The summed E-state index contributed by atoms with van der Waals surface area (Å²) < 4.78 is 5.42. The standard InChI is InChI=1S/C24H24N2O3/c1-18-5-7-19(8-6-18)11-14-23(27)26(17-22-4-3-15-29-22)16-20-9-12-21(13-10-20)24(28)25-2/h3-15H,16-17H2,1-2H3,(H,25,28)/b14-11-. The van der Waals surface area contributed by atoms with Crippen LogP contribution in [-0.4, -0.2) is 23.8 Å². The van der Waals surface area contributed by atoms with Crippen LogP contribution in [0.2, 0.25) is 0 Å². The molecule has 1 N–H and O–H groups in total. The van der Waals surface area contributed by atoms with Gasteiger partial charge in [-0.15, -0.1) is 0 Å². The fourth-order valence-electron chi connectivity index (χ4n) is 2.88. The quantitative estimate of drug-likeness (QED) is 0.618. The predicted octanol–water partition coefficient (Wildman–Crippen LogP) is 4.19. The van der Waals surface area contributed by atoms with Crippen LogP contribution in [0.25, 0.3) is 6.08 Å². The maximum atomic E-state index is 12.9. The van der Waals surface area contributed by atoms with Gasteiger partial charge >= 0.3 is 0 Å². The number of carbonyl (C=O) groups is 2. The van der Waals surface area contributed by atoms with Gasteiger partial charge in [-0.1, -0.05) is 42.0 Å². The Labute approximate surface area is 170 Å². The highest BCUT2D eigenvalue weighted by Gasteiger charge is 2.14. The van der Waals surface area contributed by atoms with Crippen molar-refractivity contribution in [1.29, 1.82) is 0 Å². The average molecular weight is 388 g/mol. The molecule has 0 saturated heterocycles. The van der Waals surface area contributed by atoms with Gasteiger partial charge in [0, 0.05) is 25.2 Å². The minimum Gasteiger partial charge on any atom is -0.467 e. The number of nitrogens with one attached hydrogen (secondary N) is 1. The Morgan fingerprint density at radius 3 is 2.34 bits per heavy atom. The van der Waals surface area contributed by atoms with Gasteiger partial charge in [0.05, 0.1) is 12.8 Å². The van der Waals surface area contributed by atoms with E-state index in [0.29, 0.717) is 24.4 Å². The van der Waals surface area contributed by atoms with E-state index >= 15 is 0 Å². The summed E-state index contributed by atoms with van der Waals surface area (Å²) in [6.07, 6.45) is 4.98. The summed E-state index contributed by atoms with van der Waals surface area (Å²) in [7, 11) is 1.60. The highest BCUT2D eigenvalue weighted by atomic mass is 16.3. The van der Waals surface area contributed by atoms with Gasteiger partial charge < -0.3 is 14.6 Å². The molecule has 0 aliphatic heterocycles. The lowest BCUT2D eigenvalue weighted by molar-refractivity contribution is -0.127. The molecule has 5 heteroatoms. The van der Waals surface area contributed by atoms with E-state index in [1.54, 1.807) is 42.5 Å². The molecule has 0 fully saturated rings. The van der Waals surface area contributed by atoms with E-state index in [9.17, 15) is 9.59 Å². The number of nitrogens with zero attached hydrogens (tertiary/aromatic N) is 1. The van der Waals surface area contributed by atoms with Gasteiger partial charge in [-0.3, -0.25) is 9.59 Å². The molecule has 5 nitrogen and oxygen atoms in total. The molecule has 148 valence electrons. The SMILES string of the molecule is CNC(=O)c1ccc(CN(Cc2ccco2)C(=O)/C=C\c2ccc(C)cc2)cc1. The number of hydrogen-bond donors (Lipinski definition) is 1. The van der Waals surface area contributed by atoms with E-state index in [1.165, 1.54) is 5.56 Å². The zero-order valence-corrected chi connectivity index (χ0v) is 16.6. The zero-order chi connectivity index (χ0) is 20.6. The van der Waals surface area contributed by atoms with Crippen molar-refractivity contribution in [3.8, 4) is 0 Å². The van der Waals surface area contributed by atoms with Crippen LogP contribution in [0.5, 0.6) is 0 Å². The Bertz CT molecular complexity index is 972. The highest BCUT2D eigenvalue weighted by Crippen LogP contribution is 2.14. The van der Waals surface area contributed by atoms with Crippen molar-refractivity contribution in [2.24, 2.45) is 0 Å². The van der Waals surface area contributed by atoms with Crippen LogP contribution >= 0.6 is 0 Å². The minimum absolute atomic E-state index is 0.114. The smallest absolute Gasteiger partial charge is 0.251 e. The normalized spacial score (nSPS) is 10.8. The number of furan rings is 1. The first-order valence-corrected chi connectivity index (χ1v) is 9.42. The number of carbonyl (C=O) groups excluding carboxylic acids is 2. The lowest BCUT2D eigenvalue weighted by atomic mass is 10.1. The molecule has 2 aromatic carbocycles. The van der Waals surface area contributed by atoms with Crippen LogP contribution in [0, 0.1) is 6.92 Å². The monoisotopic (exact) mass is 388 g/mol. The number of aryl methyl sites for hydroxylation is 1. The maximum absolute atomic E-state index is 12.9. The second kappa shape index (κ2) is 9.55. The molecule has 0 saturated carbocycles. The summed E-state index contributed by atoms with van der Waals surface area (Å²) in [5, 5.41) is 2.60. The molecule has 3 aromatic rings. The second-order valence-electron chi connectivity index (χ2n) is 6.79. The highest BCUT2D eigenvalue weighted by molar-refractivity contribution is 5.94. The summed E-state index contributed by atoms with van der Waals surface area (Å²) in [5.41, 5.74) is 3.66. The van der Waals surface area contributed by atoms with E-state index in [4.69, 9.17) is 4.42 Å². The van der Waals surface area contributed by atoms with E-state index < -0.39 is 0 Å². The first-order valence-electron chi connectivity index (χ1n) is 9.42. The van der Waals surface area contributed by atoms with Crippen molar-refractivity contribution in [2.45, 2.75) is 20.0 Å². The molecule has 0 spiro atoms. The van der Waals surface area contributed by atoms with Crippen molar-refractivity contribution in [3.63, 3.8) is 0 Å². The van der Waals surface area contributed by atoms with Gasteiger partial charge in [-0.2, -0.15) is 0 Å². The Morgan fingerprint density at radius 1 is 1.00 bits per heavy atom. The van der Waals surface area contributed by atoms with E-state index in [2.05, 4.69) is 5.32 Å². The lowest BCUT2D eigenvalue weighted by Gasteiger charge is -2.20. The van der Waals surface area contributed by atoms with Crippen LogP contribution < -0.4 is 5.32 Å². The van der Waals surface area contributed by atoms with Gasteiger partial charge in [0.2, 0.25) is 5.91 Å². The van der Waals surface area contributed by atoms with Gasteiger partial charge in [-0.25, -0.2) is 0 Å². The Kier molecular flexibility index (Phi) is 6.63. The van der Waals surface area contributed by atoms with E-state index in [0.717, 1.165) is 11.1 Å². The van der Waals surface area contributed by atoms with Crippen LogP contribution in [0.4, 0.5) is 0 Å². The molecule has 2 amide bonds. The van der Waals surface area contributed by atoms with Crippen LogP contribution in [-0.2, 0) is 17.9 Å². The number of hydrogen-bond acceptors (Lipinski definition) is 3. The van der Waals surface area contributed by atoms with E-state index in [-0.39, 0.29) is 11.8 Å². The van der Waals surface area contributed by atoms with E-state index in [1.807, 2.05) is 55.5 Å². The van der Waals surface area contributed by atoms with Gasteiger partial charge in [-0.05, 0) is 48.4 Å². The molecule has 1 heterocycles. The van der Waals surface area contributed by atoms with Crippen LogP contribution in [0.15, 0.2) is 77.4 Å². The topological polar surface area (TPSA) is 62.6 Å². The molecule has 0 unspecified atom stereocenters. The summed E-state index contributed by atoms with van der Waals surface area (Å²) in [5.74, 6) is 0.461. The van der Waals surface area contributed by atoms with Crippen LogP contribution in [0.1, 0.15) is 32.8 Å². The van der Waals surface area contributed by atoms with Crippen molar-refractivity contribution in [2.75, 3.05) is 7.05 Å². The third-order valence-corrected chi connectivity index (χ3v) is 4.55. The van der Waals surface area contributed by atoms with Crippen molar-refractivity contribution < 1.29 is 14.0 Å². The summed E-state index contributed by atoms with van der Waals surface area (Å²) >= 11 is 0. The molecule has 0 bridgehead atoms. The molecule has 0 atom stereocenters. The molecule has 1 aromatic heterocycles. The van der Waals surface area contributed by atoms with Gasteiger partial charge in [0.25, 0.3) is 5.91 Å². The molecule has 0 aliphatic rings. The van der Waals surface area contributed by atoms with Crippen LogP contribution in [0.3, 0.4) is 0 Å².